The normalized spacial score (nSPS) is 13.6. The monoisotopic (exact) mass is 841 g/mol. The van der Waals surface area contributed by atoms with Crippen molar-refractivity contribution in [1.82, 2.24) is 4.90 Å². The topological polar surface area (TPSA) is 6.48 Å². The molecule has 0 saturated carbocycles. The Hall–Kier alpha value is -5.05. The molecule has 0 amide bonds. The van der Waals surface area contributed by atoms with Crippen LogP contribution in [0.4, 0.5) is 5.69 Å². The molecule has 0 spiro atoms. The SMILES string of the molecule is Cc1cc(C(c2ccccc2)c2ccccc2)c(N2C=C3C=CC=C(c4c(C(C)C)cc(C(C)C)cc4C(C)C)N3[CH-]2)c(C(c2ccccc2)c2ccccc2)c1.[Cl][Cu]. The minimum atomic E-state index is 0.00638. The van der Waals surface area contributed by atoms with Crippen LogP contribution in [0.1, 0.15) is 132 Å². The van der Waals surface area contributed by atoms with E-state index in [0.717, 1.165) is 5.70 Å². The Morgan fingerprint density at radius 1 is 0.508 bits per heavy atom. The van der Waals surface area contributed by atoms with Gasteiger partial charge in [-0.2, -0.15) is 0 Å². The molecule has 0 atom stereocenters. The van der Waals surface area contributed by atoms with Gasteiger partial charge in [0, 0.05) is 34.5 Å². The Bertz CT molecular complexity index is 2220. The van der Waals surface area contributed by atoms with Gasteiger partial charge in [0.15, 0.2) is 0 Å². The Kier molecular flexibility index (Phi) is 13.5. The summed E-state index contributed by atoms with van der Waals surface area (Å²) in [6.07, 6.45) is 9.18. The van der Waals surface area contributed by atoms with Gasteiger partial charge in [-0.15, -0.1) is 6.67 Å². The predicted octanol–water partition coefficient (Wildman–Crippen LogP) is 15.1. The number of hydrogen-bond acceptors (Lipinski definition) is 2. The van der Waals surface area contributed by atoms with Gasteiger partial charge in [0.2, 0.25) is 0 Å². The molecule has 6 aromatic carbocycles. The number of hydrogen-bond donors (Lipinski definition) is 0. The van der Waals surface area contributed by atoms with E-state index in [1.165, 1.54) is 72.6 Å². The number of benzene rings is 6. The molecule has 0 aromatic heterocycles. The van der Waals surface area contributed by atoms with Gasteiger partial charge in [0.05, 0.1) is 0 Å². The fourth-order valence-electron chi connectivity index (χ4n) is 8.91. The van der Waals surface area contributed by atoms with E-state index in [4.69, 9.17) is 0 Å². The number of aryl methyl sites for hydroxylation is 1. The van der Waals surface area contributed by atoms with Crippen molar-refractivity contribution in [2.24, 2.45) is 0 Å². The van der Waals surface area contributed by atoms with Crippen LogP contribution < -0.4 is 4.90 Å². The third-order valence-electron chi connectivity index (χ3n) is 11.7. The molecule has 0 saturated heterocycles. The van der Waals surface area contributed by atoms with Gasteiger partial charge in [-0.1, -0.05) is 199 Å². The van der Waals surface area contributed by atoms with Crippen LogP contribution in [0.3, 0.4) is 0 Å². The molecule has 2 aliphatic rings. The summed E-state index contributed by atoms with van der Waals surface area (Å²) in [4.78, 5) is 4.88. The van der Waals surface area contributed by atoms with Crippen LogP contribution in [0.25, 0.3) is 5.70 Å². The van der Waals surface area contributed by atoms with Gasteiger partial charge in [0.25, 0.3) is 0 Å². The average Bonchev–Trinajstić information content (AvgIpc) is 3.70. The van der Waals surface area contributed by atoms with Crippen molar-refractivity contribution in [3.05, 3.63) is 244 Å². The first-order chi connectivity index (χ1) is 28.7. The number of halogens is 1. The Morgan fingerprint density at radius 3 is 1.29 bits per heavy atom. The van der Waals surface area contributed by atoms with Gasteiger partial charge in [0.1, 0.15) is 0 Å². The number of anilines is 1. The summed E-state index contributed by atoms with van der Waals surface area (Å²) in [7, 11) is 4.20. The number of nitrogens with zero attached hydrogens (tertiary/aromatic N) is 2. The van der Waals surface area contributed by atoms with Gasteiger partial charge >= 0.3 is 25.2 Å². The van der Waals surface area contributed by atoms with Crippen molar-refractivity contribution in [2.75, 3.05) is 4.90 Å². The van der Waals surface area contributed by atoms with Crippen molar-refractivity contribution in [1.29, 1.82) is 0 Å². The van der Waals surface area contributed by atoms with Crippen molar-refractivity contribution in [3.63, 3.8) is 0 Å². The molecule has 8 rings (SSSR count). The summed E-state index contributed by atoms with van der Waals surface area (Å²) in [6, 6.07) is 54.0. The van der Waals surface area contributed by atoms with Crippen LogP contribution in [-0.4, -0.2) is 4.90 Å². The minimum absolute atomic E-state index is 0.00638. The fourth-order valence-corrected chi connectivity index (χ4v) is 8.91. The van der Waals surface area contributed by atoms with E-state index in [2.05, 4.69) is 260 Å². The summed E-state index contributed by atoms with van der Waals surface area (Å²) in [5.74, 6) is 1.22. The van der Waals surface area contributed by atoms with Gasteiger partial charge in [-0.05, 0) is 93.1 Å². The van der Waals surface area contributed by atoms with E-state index < -0.39 is 0 Å². The quantitative estimate of drug-likeness (QED) is 0.0728. The van der Waals surface area contributed by atoms with E-state index >= 15 is 0 Å². The molecule has 2 nitrogen and oxygen atoms in total. The summed E-state index contributed by atoms with van der Waals surface area (Å²) in [5.41, 5.74) is 18.1. The predicted molar refractivity (Wildman–Crippen MR) is 247 cm³/mol. The van der Waals surface area contributed by atoms with E-state index in [-0.39, 0.29) is 11.8 Å². The third kappa shape index (κ3) is 8.80. The maximum absolute atomic E-state index is 4.20. The molecule has 0 radical (unpaired) electrons. The van der Waals surface area contributed by atoms with Crippen molar-refractivity contribution >= 4 is 21.5 Å². The van der Waals surface area contributed by atoms with Crippen LogP contribution in [0.15, 0.2) is 176 Å². The molecule has 0 aliphatic carbocycles. The molecule has 0 N–H and O–H groups in total. The van der Waals surface area contributed by atoms with Crippen LogP contribution in [0.5, 0.6) is 0 Å². The fraction of sp³-hybridized carbons (Fsp3) is 0.218. The molecule has 0 fully saturated rings. The second-order valence-electron chi connectivity index (χ2n) is 16.7. The average molecular weight is 843 g/mol. The zero-order chi connectivity index (χ0) is 41.6. The van der Waals surface area contributed by atoms with Crippen LogP contribution in [0.2, 0.25) is 0 Å². The Labute approximate surface area is 366 Å². The summed E-state index contributed by atoms with van der Waals surface area (Å²) in [5, 5.41) is 0. The molecule has 2 aliphatic heterocycles. The molecule has 6 aromatic rings. The second kappa shape index (κ2) is 18.9. The van der Waals surface area contributed by atoms with E-state index in [9.17, 15) is 0 Å². The van der Waals surface area contributed by atoms with E-state index in [1.807, 2.05) is 0 Å². The molecular weight excluding hydrogens is 788 g/mol. The van der Waals surface area contributed by atoms with Crippen molar-refractivity contribution < 1.29 is 15.1 Å². The molecule has 0 bridgehead atoms. The molecule has 4 heteroatoms. The maximum atomic E-state index is 4.20. The first-order valence-electron chi connectivity index (χ1n) is 20.9. The number of rotatable bonds is 11. The summed E-state index contributed by atoms with van der Waals surface area (Å²) < 4.78 is 0. The molecule has 2 heterocycles. The Balaban J connectivity index is 0.00000260. The van der Waals surface area contributed by atoms with Crippen molar-refractivity contribution in [3.8, 4) is 0 Å². The zero-order valence-corrected chi connectivity index (χ0v) is 36.9. The number of allylic oxidation sites excluding steroid dienone is 3. The molecular formula is C55H55ClCuN2-. The first-order valence-corrected chi connectivity index (χ1v) is 22.2. The second-order valence-corrected chi connectivity index (χ2v) is 16.7. The van der Waals surface area contributed by atoms with E-state index in [1.54, 1.807) is 0 Å². The molecule has 0 unspecified atom stereocenters. The van der Waals surface area contributed by atoms with E-state index in [0.29, 0.717) is 17.8 Å². The number of fused-ring (bicyclic) bond motifs is 1. The third-order valence-corrected chi connectivity index (χ3v) is 11.7. The van der Waals surface area contributed by atoms with Crippen LogP contribution in [0, 0.1) is 13.6 Å². The van der Waals surface area contributed by atoms with Crippen molar-refractivity contribution in [2.45, 2.75) is 78.1 Å². The van der Waals surface area contributed by atoms with Gasteiger partial charge in [-0.3, -0.25) is 0 Å². The standard InChI is InChI=1S/C55H55N2.ClH.Cu/c1-37(2)45-33-47(38(3)4)54(48(34-45)39(5)6)51-30-20-29-46-35-56(36-57(46)51)55-49(52(41-21-12-8-13-22-41)42-23-14-9-15-24-42)31-40(7)32-50(55)53(43-25-16-10-17-26-43)44-27-18-11-19-28-44;;/h8-39,52-53H,1-7H3;1H;/q-1;;+1/p-1. The van der Waals surface area contributed by atoms with Gasteiger partial charge in [-0.25, -0.2) is 0 Å². The summed E-state index contributed by atoms with van der Waals surface area (Å²) >= 11 is 3.66. The molecule has 304 valence electrons. The Morgan fingerprint density at radius 2 is 0.915 bits per heavy atom. The molecule has 59 heavy (non-hydrogen) atoms. The van der Waals surface area contributed by atoms with Crippen LogP contribution in [-0.2, 0) is 15.1 Å². The summed E-state index contributed by atoms with van der Waals surface area (Å²) in [6.45, 7) is 18.6. The first kappa shape index (κ1) is 42.1. The van der Waals surface area contributed by atoms with Gasteiger partial charge < -0.3 is 9.80 Å². The van der Waals surface area contributed by atoms with Crippen LogP contribution >= 0.6 is 10.1 Å². The zero-order valence-electron chi connectivity index (χ0n) is 35.2.